The van der Waals surface area contributed by atoms with Crippen LogP contribution in [-0.4, -0.2) is 24.1 Å². The monoisotopic (exact) mass is 341 g/mol. The number of hydrogen-bond donors (Lipinski definition) is 2. The van der Waals surface area contributed by atoms with Crippen LogP contribution in [0.15, 0.2) is 42.5 Å². The maximum Gasteiger partial charge on any atom is 0.335 e. The number of ether oxygens (including phenoxy) is 1. The standard InChI is InChI=1S/C20H23NO4/c1-13-4-6-15(7-5-13)8-14(2)19(22)21-18-10-16(12-25-3)9-17(11-18)20(23)24/h4-7,9-11,14H,8,12H2,1-3H3,(H,21,22)(H,23,24). The largest absolute Gasteiger partial charge is 0.478 e. The Balaban J connectivity index is 2.10. The molecule has 2 aromatic rings. The van der Waals surface area contributed by atoms with Crippen LogP contribution in [0.1, 0.15) is 34.0 Å². The van der Waals surface area contributed by atoms with Gasteiger partial charge < -0.3 is 15.2 Å². The molecule has 0 aromatic heterocycles. The van der Waals surface area contributed by atoms with Gasteiger partial charge in [-0.25, -0.2) is 4.79 Å². The second-order valence-electron chi connectivity index (χ2n) is 6.24. The van der Waals surface area contributed by atoms with Crippen molar-refractivity contribution in [1.29, 1.82) is 0 Å². The number of amides is 1. The van der Waals surface area contributed by atoms with Crippen molar-refractivity contribution >= 4 is 17.6 Å². The molecule has 0 spiro atoms. The summed E-state index contributed by atoms with van der Waals surface area (Å²) in [4.78, 5) is 23.7. The Hall–Kier alpha value is -2.66. The lowest BCUT2D eigenvalue weighted by atomic mass is 9.99. The lowest BCUT2D eigenvalue weighted by Gasteiger charge is -2.14. The molecule has 5 nitrogen and oxygen atoms in total. The quantitative estimate of drug-likeness (QED) is 0.806. The summed E-state index contributed by atoms with van der Waals surface area (Å²) in [5, 5.41) is 12.0. The highest BCUT2D eigenvalue weighted by atomic mass is 16.5. The van der Waals surface area contributed by atoms with Crippen molar-refractivity contribution in [3.05, 3.63) is 64.7 Å². The van der Waals surface area contributed by atoms with Crippen LogP contribution in [0.5, 0.6) is 0 Å². The number of methoxy groups -OCH3 is 1. The van der Waals surface area contributed by atoms with E-state index in [1.54, 1.807) is 6.07 Å². The number of carboxylic acids is 1. The van der Waals surface area contributed by atoms with Crippen LogP contribution >= 0.6 is 0 Å². The Morgan fingerprint density at radius 2 is 1.80 bits per heavy atom. The summed E-state index contributed by atoms with van der Waals surface area (Å²) < 4.78 is 5.05. The van der Waals surface area contributed by atoms with Gasteiger partial charge in [-0.2, -0.15) is 0 Å². The number of carbonyl (C=O) groups is 2. The third kappa shape index (κ3) is 5.43. The van der Waals surface area contributed by atoms with Crippen molar-refractivity contribution in [2.24, 2.45) is 5.92 Å². The molecule has 5 heteroatoms. The summed E-state index contributed by atoms with van der Waals surface area (Å²) in [7, 11) is 1.54. The molecule has 2 aromatic carbocycles. The Kier molecular flexibility index (Phi) is 6.31. The fourth-order valence-corrected chi connectivity index (χ4v) is 2.57. The molecule has 2 rings (SSSR count). The van der Waals surface area contributed by atoms with Crippen LogP contribution in [0.25, 0.3) is 0 Å². The smallest absolute Gasteiger partial charge is 0.335 e. The Bertz CT molecular complexity index is 753. The first-order valence-corrected chi connectivity index (χ1v) is 8.11. The first-order chi connectivity index (χ1) is 11.9. The number of aromatic carboxylic acids is 1. The molecule has 0 saturated heterocycles. The Morgan fingerprint density at radius 3 is 2.40 bits per heavy atom. The fourth-order valence-electron chi connectivity index (χ4n) is 2.57. The number of anilines is 1. The first kappa shape index (κ1) is 18.7. The molecule has 0 aliphatic rings. The number of carbonyl (C=O) groups excluding carboxylic acids is 1. The predicted molar refractivity (Wildman–Crippen MR) is 96.8 cm³/mol. The summed E-state index contributed by atoms with van der Waals surface area (Å²) in [6, 6.07) is 12.8. The van der Waals surface area contributed by atoms with E-state index in [0.717, 1.165) is 5.56 Å². The molecule has 1 amide bonds. The third-order valence-corrected chi connectivity index (χ3v) is 3.93. The minimum Gasteiger partial charge on any atom is -0.478 e. The van der Waals surface area contributed by atoms with Crippen molar-refractivity contribution in [2.75, 3.05) is 12.4 Å². The minimum atomic E-state index is -1.04. The Morgan fingerprint density at radius 1 is 1.12 bits per heavy atom. The highest BCUT2D eigenvalue weighted by Gasteiger charge is 2.15. The lowest BCUT2D eigenvalue weighted by molar-refractivity contribution is -0.119. The molecule has 0 aliphatic heterocycles. The number of benzene rings is 2. The summed E-state index contributed by atoms with van der Waals surface area (Å²) >= 11 is 0. The van der Waals surface area contributed by atoms with E-state index >= 15 is 0 Å². The second kappa shape index (κ2) is 8.44. The third-order valence-electron chi connectivity index (χ3n) is 3.93. The molecular formula is C20H23NO4. The normalized spacial score (nSPS) is 11.8. The number of aryl methyl sites for hydroxylation is 1. The van der Waals surface area contributed by atoms with Crippen LogP contribution in [0.3, 0.4) is 0 Å². The maximum absolute atomic E-state index is 12.4. The molecule has 1 atom stereocenters. The average Bonchev–Trinajstić information content (AvgIpc) is 2.57. The summed E-state index contributed by atoms with van der Waals surface area (Å²) in [5.74, 6) is -1.42. The molecule has 132 valence electrons. The summed E-state index contributed by atoms with van der Waals surface area (Å²) in [6.45, 7) is 4.15. The minimum absolute atomic E-state index is 0.121. The second-order valence-corrected chi connectivity index (χ2v) is 6.24. The molecular weight excluding hydrogens is 318 g/mol. The van der Waals surface area contributed by atoms with Gasteiger partial charge in [0.05, 0.1) is 12.2 Å². The number of nitrogens with one attached hydrogen (secondary N) is 1. The SMILES string of the molecule is COCc1cc(NC(=O)C(C)Cc2ccc(C)cc2)cc(C(=O)O)c1. The van der Waals surface area contributed by atoms with Crippen molar-refractivity contribution in [2.45, 2.75) is 26.9 Å². The van der Waals surface area contributed by atoms with Crippen molar-refractivity contribution in [1.82, 2.24) is 0 Å². The number of rotatable bonds is 7. The van der Waals surface area contributed by atoms with Crippen molar-refractivity contribution in [3.63, 3.8) is 0 Å². The zero-order chi connectivity index (χ0) is 18.4. The highest BCUT2D eigenvalue weighted by molar-refractivity contribution is 5.95. The highest BCUT2D eigenvalue weighted by Crippen LogP contribution is 2.18. The summed E-state index contributed by atoms with van der Waals surface area (Å²) in [6.07, 6.45) is 0.621. The first-order valence-electron chi connectivity index (χ1n) is 8.11. The Labute approximate surface area is 147 Å². The molecule has 1 unspecified atom stereocenters. The average molecular weight is 341 g/mol. The molecule has 0 heterocycles. The molecule has 0 fully saturated rings. The molecule has 0 radical (unpaired) electrons. The van der Waals surface area contributed by atoms with Gasteiger partial charge in [-0.3, -0.25) is 4.79 Å². The fraction of sp³-hybridized carbons (Fsp3) is 0.300. The van der Waals surface area contributed by atoms with Gasteiger partial charge in [0, 0.05) is 18.7 Å². The van der Waals surface area contributed by atoms with Crippen LogP contribution in [-0.2, 0) is 22.6 Å². The predicted octanol–water partition coefficient (Wildman–Crippen LogP) is 3.66. The van der Waals surface area contributed by atoms with Crippen molar-refractivity contribution < 1.29 is 19.4 Å². The zero-order valence-electron chi connectivity index (χ0n) is 14.7. The van der Waals surface area contributed by atoms with E-state index in [1.807, 2.05) is 38.1 Å². The van der Waals surface area contributed by atoms with E-state index in [1.165, 1.54) is 24.8 Å². The lowest BCUT2D eigenvalue weighted by Crippen LogP contribution is -2.22. The van der Waals surface area contributed by atoms with E-state index in [4.69, 9.17) is 4.74 Å². The number of carboxylic acid groups (broad SMARTS) is 1. The molecule has 0 aliphatic carbocycles. The number of hydrogen-bond acceptors (Lipinski definition) is 3. The maximum atomic E-state index is 12.4. The summed E-state index contributed by atoms with van der Waals surface area (Å²) in [5.41, 5.74) is 3.55. The van der Waals surface area contributed by atoms with Crippen LogP contribution in [0, 0.1) is 12.8 Å². The van der Waals surface area contributed by atoms with Gasteiger partial charge in [0.25, 0.3) is 0 Å². The van der Waals surface area contributed by atoms with E-state index in [9.17, 15) is 14.7 Å². The van der Waals surface area contributed by atoms with Gasteiger partial charge in [0.15, 0.2) is 0 Å². The molecule has 0 saturated carbocycles. The van der Waals surface area contributed by atoms with E-state index in [-0.39, 0.29) is 24.0 Å². The van der Waals surface area contributed by atoms with Gasteiger partial charge in [0.1, 0.15) is 0 Å². The molecule has 0 bridgehead atoms. The topological polar surface area (TPSA) is 75.6 Å². The van der Waals surface area contributed by atoms with Crippen LogP contribution in [0.4, 0.5) is 5.69 Å². The van der Waals surface area contributed by atoms with Gasteiger partial charge in [-0.1, -0.05) is 36.8 Å². The van der Waals surface area contributed by atoms with Gasteiger partial charge in [-0.05, 0) is 42.7 Å². The zero-order valence-corrected chi connectivity index (χ0v) is 14.7. The van der Waals surface area contributed by atoms with E-state index in [0.29, 0.717) is 17.7 Å². The van der Waals surface area contributed by atoms with Gasteiger partial charge in [0.2, 0.25) is 5.91 Å². The van der Waals surface area contributed by atoms with Gasteiger partial charge in [-0.15, -0.1) is 0 Å². The van der Waals surface area contributed by atoms with Crippen LogP contribution in [0.2, 0.25) is 0 Å². The van der Waals surface area contributed by atoms with E-state index < -0.39 is 5.97 Å². The van der Waals surface area contributed by atoms with E-state index in [2.05, 4.69) is 5.32 Å². The molecule has 25 heavy (non-hydrogen) atoms. The van der Waals surface area contributed by atoms with Gasteiger partial charge >= 0.3 is 5.97 Å². The van der Waals surface area contributed by atoms with Crippen molar-refractivity contribution in [3.8, 4) is 0 Å². The molecule has 2 N–H and O–H groups in total. The van der Waals surface area contributed by atoms with Crippen LogP contribution < -0.4 is 5.32 Å².